The first-order valence-corrected chi connectivity index (χ1v) is 28.3. The van der Waals surface area contributed by atoms with Gasteiger partial charge in [0.05, 0.1) is 95.7 Å². The monoisotopic (exact) mass is 1090 g/mol. The van der Waals surface area contributed by atoms with Crippen molar-refractivity contribution in [2.24, 2.45) is 35.5 Å². The smallest absolute Gasteiger partial charge is 0.253 e. The van der Waals surface area contributed by atoms with Crippen LogP contribution in [0.25, 0.3) is 0 Å². The van der Waals surface area contributed by atoms with E-state index in [4.69, 9.17) is 23.7 Å². The Hall–Kier alpha value is -5.25. The standard InChI is InChI=1S/C58H88N8O12/c1-10-39(4)54(63(7)58(73)46(38(2)3)34-49(68)55-42-18-19-45(32-42)62(55)6)50(74-8)35-53(71)65-23-14-17-47(65)56(75-9)40(5)48(67)33-43(31-41-15-12-11-13-16-41)57(72)59-22-25-76-27-29-78-30-28-77-26-24-64-36-44(60-61-64)37-66-51(69)20-21-52(66)70/h11-13,15-16,20-21,36,38-40,42-43,45-47,50,54-56H,10,14,17-19,22-35,37H2,1-9H3,(H,59,72)/t39-,40-,42-,43+,45+,46-,47-,50+,54-,55?,56+/m0/s1. The largest absolute Gasteiger partial charge is 0.379 e. The molecule has 78 heavy (non-hydrogen) atoms. The van der Waals surface area contributed by atoms with Gasteiger partial charge < -0.3 is 38.8 Å². The van der Waals surface area contributed by atoms with E-state index in [0.29, 0.717) is 76.6 Å². The molecule has 2 bridgehead atoms. The molecule has 4 aliphatic rings. The van der Waals surface area contributed by atoms with Gasteiger partial charge in [0.2, 0.25) is 17.7 Å². The number of methoxy groups -OCH3 is 2. The van der Waals surface area contributed by atoms with Gasteiger partial charge in [-0.05, 0) is 68.9 Å². The zero-order valence-electron chi connectivity index (χ0n) is 47.7. The lowest BCUT2D eigenvalue weighted by atomic mass is 9.83. The predicted molar refractivity (Wildman–Crippen MR) is 290 cm³/mol. The molecule has 5 amide bonds. The van der Waals surface area contributed by atoms with Gasteiger partial charge >= 0.3 is 0 Å². The topological polar surface area (TPSA) is 221 Å². The number of rotatable bonds is 35. The average molecular weight is 1090 g/mol. The summed E-state index contributed by atoms with van der Waals surface area (Å²) in [6.45, 7) is 13.1. The van der Waals surface area contributed by atoms with E-state index in [9.17, 15) is 33.6 Å². The predicted octanol–water partition coefficient (Wildman–Crippen LogP) is 4.32. The summed E-state index contributed by atoms with van der Waals surface area (Å²) in [5.41, 5.74) is 1.42. The molecule has 432 valence electrons. The summed E-state index contributed by atoms with van der Waals surface area (Å²) in [6, 6.07) is 9.08. The van der Waals surface area contributed by atoms with Crippen molar-refractivity contribution in [3.05, 3.63) is 59.9 Å². The van der Waals surface area contributed by atoms with Gasteiger partial charge in [-0.1, -0.05) is 76.6 Å². The van der Waals surface area contributed by atoms with E-state index < -0.39 is 36.0 Å². The van der Waals surface area contributed by atoms with Gasteiger partial charge in [0.25, 0.3) is 11.8 Å². The zero-order chi connectivity index (χ0) is 56.5. The minimum atomic E-state index is -0.660. The summed E-state index contributed by atoms with van der Waals surface area (Å²) in [5, 5.41) is 11.0. The van der Waals surface area contributed by atoms with Crippen molar-refractivity contribution in [3.63, 3.8) is 0 Å². The Morgan fingerprint density at radius 1 is 0.846 bits per heavy atom. The highest BCUT2D eigenvalue weighted by Crippen LogP contribution is 2.43. The second kappa shape index (κ2) is 30.4. The molecule has 2 saturated heterocycles. The van der Waals surface area contributed by atoms with Gasteiger partial charge in [-0.3, -0.25) is 43.4 Å². The van der Waals surface area contributed by atoms with Gasteiger partial charge in [0.15, 0.2) is 5.78 Å². The highest BCUT2D eigenvalue weighted by molar-refractivity contribution is 6.12. The number of carbonyl (C=O) groups excluding carboxylic acids is 7. The number of ketones is 2. The van der Waals surface area contributed by atoms with Crippen LogP contribution < -0.4 is 5.32 Å². The lowest BCUT2D eigenvalue weighted by Gasteiger charge is -2.41. The first-order valence-electron chi connectivity index (χ1n) is 28.3. The van der Waals surface area contributed by atoms with Crippen LogP contribution in [0.2, 0.25) is 0 Å². The van der Waals surface area contributed by atoms with Crippen LogP contribution in [0, 0.1) is 35.5 Å². The number of amides is 5. The molecule has 6 rings (SSSR count). The van der Waals surface area contributed by atoms with Crippen molar-refractivity contribution in [2.45, 2.75) is 148 Å². The van der Waals surface area contributed by atoms with Crippen LogP contribution in [0.3, 0.4) is 0 Å². The van der Waals surface area contributed by atoms with Crippen LogP contribution in [-0.4, -0.2) is 193 Å². The SMILES string of the molecule is CC[C@H](C)[C@@H]([C@@H](CC(=O)N1CCC[C@H]1[C@H](OC)[C@@H](C)C(=O)C[C@@H](Cc1ccccc1)C(=O)NCCOCCOCCOCCn1cc(CN2C(=O)C=CC2=O)nn1)OC)N(C)C(=O)[C@@H](CC(=O)C1[C@H]2CC[C@H](C2)N1C)C(C)C. The Kier molecular flexibility index (Phi) is 24.1. The number of likely N-dealkylation sites (tertiary alicyclic amines) is 2. The normalized spacial score (nSPS) is 22.0. The van der Waals surface area contributed by atoms with Crippen LogP contribution in [0.15, 0.2) is 48.7 Å². The Morgan fingerprint density at radius 2 is 1.53 bits per heavy atom. The van der Waals surface area contributed by atoms with E-state index in [1.54, 1.807) is 37.0 Å². The van der Waals surface area contributed by atoms with Crippen LogP contribution in [0.4, 0.5) is 0 Å². The summed E-state index contributed by atoms with van der Waals surface area (Å²) in [4.78, 5) is 102. The molecule has 11 atom stereocenters. The molecule has 3 aliphatic heterocycles. The number of Topliss-reactive ketones (excluding diaryl/α,β-unsaturated/α-hetero) is 2. The quantitative estimate of drug-likeness (QED) is 0.0751. The molecule has 1 aromatic carbocycles. The molecular weight excluding hydrogens is 1000 g/mol. The summed E-state index contributed by atoms with van der Waals surface area (Å²) < 4.78 is 30.8. The highest BCUT2D eigenvalue weighted by Gasteiger charge is 2.49. The second-order valence-corrected chi connectivity index (χ2v) is 22.2. The van der Waals surface area contributed by atoms with Crippen molar-refractivity contribution in [3.8, 4) is 0 Å². The summed E-state index contributed by atoms with van der Waals surface area (Å²) in [7, 11) is 6.99. The third-order valence-electron chi connectivity index (χ3n) is 16.8. The number of imide groups is 1. The summed E-state index contributed by atoms with van der Waals surface area (Å²) in [6.07, 6.45) is 8.77. The third kappa shape index (κ3) is 16.4. The van der Waals surface area contributed by atoms with Crippen LogP contribution in [-0.2, 0) is 76.8 Å². The van der Waals surface area contributed by atoms with E-state index in [-0.39, 0.29) is 104 Å². The average Bonchev–Trinajstić information content (AvgIpc) is 4.31. The van der Waals surface area contributed by atoms with E-state index in [0.717, 1.165) is 42.6 Å². The number of fused-ring (bicyclic) bond motifs is 2. The van der Waals surface area contributed by atoms with E-state index in [1.807, 2.05) is 63.1 Å². The molecule has 20 heteroatoms. The molecular formula is C58H88N8O12. The van der Waals surface area contributed by atoms with Crippen LogP contribution in [0.5, 0.6) is 0 Å². The number of carbonyl (C=O) groups is 7. The second-order valence-electron chi connectivity index (χ2n) is 22.2. The maximum atomic E-state index is 14.6. The Labute approximate surface area is 461 Å². The number of nitrogens with zero attached hydrogens (tertiary/aromatic N) is 7. The van der Waals surface area contributed by atoms with E-state index >= 15 is 0 Å². The molecule has 1 aliphatic carbocycles. The van der Waals surface area contributed by atoms with Crippen molar-refractivity contribution in [1.29, 1.82) is 0 Å². The number of benzene rings is 1. The molecule has 4 heterocycles. The van der Waals surface area contributed by atoms with Crippen molar-refractivity contribution in [1.82, 2.24) is 39.9 Å². The fraction of sp³-hybridized carbons (Fsp3) is 0.707. The van der Waals surface area contributed by atoms with Gasteiger partial charge in [0.1, 0.15) is 11.5 Å². The maximum absolute atomic E-state index is 14.6. The fourth-order valence-corrected chi connectivity index (χ4v) is 12.2. The third-order valence-corrected chi connectivity index (χ3v) is 16.8. The molecule has 1 saturated carbocycles. The molecule has 0 radical (unpaired) electrons. The highest BCUT2D eigenvalue weighted by atomic mass is 16.5. The molecule has 3 fully saturated rings. The minimum absolute atomic E-state index is 0.0155. The van der Waals surface area contributed by atoms with E-state index in [1.165, 1.54) is 12.2 Å². The molecule has 1 unspecified atom stereocenters. The fourth-order valence-electron chi connectivity index (χ4n) is 12.2. The van der Waals surface area contributed by atoms with Gasteiger partial charge in [-0.15, -0.1) is 5.10 Å². The van der Waals surface area contributed by atoms with Crippen molar-refractivity contribution in [2.75, 3.05) is 81.0 Å². The van der Waals surface area contributed by atoms with Crippen LogP contribution >= 0.6 is 0 Å². The van der Waals surface area contributed by atoms with Crippen LogP contribution in [0.1, 0.15) is 104 Å². The number of nitrogens with one attached hydrogen (secondary N) is 1. The Bertz CT molecular complexity index is 2310. The molecule has 2 aromatic rings. The first kappa shape index (κ1) is 62.0. The van der Waals surface area contributed by atoms with E-state index in [2.05, 4.69) is 34.4 Å². The number of hydrogen-bond acceptors (Lipinski definition) is 15. The number of likely N-dealkylation sites (N-methyl/N-ethyl adjacent to an activating group) is 2. The number of ether oxygens (including phenoxy) is 5. The number of hydrogen-bond donors (Lipinski definition) is 1. The number of piperidine rings is 1. The number of aromatic nitrogens is 3. The lowest BCUT2D eigenvalue weighted by molar-refractivity contribution is -0.149. The molecule has 0 spiro atoms. The molecule has 1 aromatic heterocycles. The van der Waals surface area contributed by atoms with Gasteiger partial charge in [-0.2, -0.15) is 0 Å². The van der Waals surface area contributed by atoms with Gasteiger partial charge in [-0.25, -0.2) is 4.68 Å². The molecule has 20 nitrogen and oxygen atoms in total. The van der Waals surface area contributed by atoms with Crippen molar-refractivity contribution < 1.29 is 57.2 Å². The lowest BCUT2D eigenvalue weighted by Crippen LogP contribution is -2.54. The maximum Gasteiger partial charge on any atom is 0.253 e. The zero-order valence-corrected chi connectivity index (χ0v) is 47.7. The minimum Gasteiger partial charge on any atom is -0.379 e. The summed E-state index contributed by atoms with van der Waals surface area (Å²) in [5.74, 6) is -2.77. The Balaban J connectivity index is 0.954. The first-order chi connectivity index (χ1) is 37.5. The molecule has 1 N–H and O–H groups in total. The Morgan fingerprint density at radius 3 is 2.15 bits per heavy atom. The van der Waals surface area contributed by atoms with Gasteiger partial charge in [0, 0.05) is 83.1 Å². The van der Waals surface area contributed by atoms with Crippen molar-refractivity contribution >= 4 is 41.1 Å². The summed E-state index contributed by atoms with van der Waals surface area (Å²) >= 11 is 0.